The molecule has 4 saturated carbocycles. The highest BCUT2D eigenvalue weighted by atomic mass is 35.5. The maximum absolute atomic E-state index is 13.6. The zero-order chi connectivity index (χ0) is 17.0. The van der Waals surface area contributed by atoms with E-state index in [1.165, 1.54) is 44.6 Å². The van der Waals surface area contributed by atoms with Gasteiger partial charge in [-0.3, -0.25) is 0 Å². The minimum atomic E-state index is -0.475. The molecular weight excluding hydrogens is 341 g/mol. The Balaban J connectivity index is 1.31. The van der Waals surface area contributed by atoms with E-state index < -0.39 is 5.82 Å². The van der Waals surface area contributed by atoms with Gasteiger partial charge in [0.25, 0.3) is 0 Å². The number of rotatable bonds is 4. The summed E-state index contributed by atoms with van der Waals surface area (Å²) >= 11 is 6.01. The molecule has 4 fully saturated rings. The molecule has 6 heteroatoms. The van der Waals surface area contributed by atoms with E-state index in [2.05, 4.69) is 15.5 Å². The average molecular weight is 362 g/mol. The SMILES string of the molecule is Fc1cccc(-c2noc(CNC34CC5CC(CC(C5)C3)C4)n2)c1Cl. The number of halogens is 2. The van der Waals surface area contributed by atoms with Crippen LogP contribution in [0.5, 0.6) is 0 Å². The minimum Gasteiger partial charge on any atom is -0.338 e. The predicted molar refractivity (Wildman–Crippen MR) is 92.4 cm³/mol. The molecule has 0 unspecified atom stereocenters. The van der Waals surface area contributed by atoms with Crippen LogP contribution in [0.3, 0.4) is 0 Å². The molecule has 0 aliphatic heterocycles. The summed E-state index contributed by atoms with van der Waals surface area (Å²) in [5, 5.41) is 7.74. The molecule has 0 atom stereocenters. The molecule has 4 aliphatic carbocycles. The topological polar surface area (TPSA) is 51.0 Å². The van der Waals surface area contributed by atoms with Crippen LogP contribution in [0.4, 0.5) is 4.39 Å². The van der Waals surface area contributed by atoms with Gasteiger partial charge < -0.3 is 9.84 Å². The molecule has 1 aromatic heterocycles. The van der Waals surface area contributed by atoms with Gasteiger partial charge in [0.1, 0.15) is 5.82 Å². The highest BCUT2D eigenvalue weighted by molar-refractivity contribution is 6.33. The Morgan fingerprint density at radius 3 is 2.52 bits per heavy atom. The second kappa shape index (κ2) is 5.78. The summed E-state index contributed by atoms with van der Waals surface area (Å²) < 4.78 is 19.0. The first kappa shape index (κ1) is 15.8. The molecule has 2 aromatic rings. The average Bonchev–Trinajstić information content (AvgIpc) is 3.03. The largest absolute Gasteiger partial charge is 0.338 e. The van der Waals surface area contributed by atoms with E-state index in [-0.39, 0.29) is 10.6 Å². The van der Waals surface area contributed by atoms with Crippen molar-refractivity contribution in [1.29, 1.82) is 0 Å². The number of nitrogens with zero attached hydrogens (tertiary/aromatic N) is 2. The Labute approximate surface area is 151 Å². The third-order valence-electron chi connectivity index (χ3n) is 6.31. The van der Waals surface area contributed by atoms with Crippen molar-refractivity contribution in [3.63, 3.8) is 0 Å². The number of nitrogens with one attached hydrogen (secondary N) is 1. The minimum absolute atomic E-state index is 0.0314. The van der Waals surface area contributed by atoms with Crippen LogP contribution in [0.25, 0.3) is 11.4 Å². The second-order valence-electron chi connectivity index (χ2n) is 8.16. The molecule has 1 N–H and O–H groups in total. The van der Waals surface area contributed by atoms with Crippen molar-refractivity contribution in [1.82, 2.24) is 15.5 Å². The van der Waals surface area contributed by atoms with E-state index in [1.54, 1.807) is 12.1 Å². The molecule has 0 saturated heterocycles. The van der Waals surface area contributed by atoms with Crippen LogP contribution in [-0.2, 0) is 6.54 Å². The van der Waals surface area contributed by atoms with Crippen molar-refractivity contribution in [2.45, 2.75) is 50.6 Å². The van der Waals surface area contributed by atoms with Crippen molar-refractivity contribution in [2.75, 3.05) is 0 Å². The Morgan fingerprint density at radius 2 is 1.84 bits per heavy atom. The van der Waals surface area contributed by atoms with Crippen molar-refractivity contribution in [3.8, 4) is 11.4 Å². The van der Waals surface area contributed by atoms with E-state index in [1.807, 2.05) is 0 Å². The first-order valence-electron chi connectivity index (χ1n) is 9.12. The molecule has 4 aliphatic rings. The van der Waals surface area contributed by atoms with Gasteiger partial charge in [0.05, 0.1) is 11.6 Å². The molecule has 25 heavy (non-hydrogen) atoms. The lowest BCUT2D eigenvalue weighted by atomic mass is 9.53. The molecule has 1 aromatic carbocycles. The lowest BCUT2D eigenvalue weighted by Crippen LogP contribution is -2.58. The lowest BCUT2D eigenvalue weighted by Gasteiger charge is -2.57. The zero-order valence-corrected chi connectivity index (χ0v) is 14.7. The van der Waals surface area contributed by atoms with E-state index in [9.17, 15) is 4.39 Å². The highest BCUT2D eigenvalue weighted by Crippen LogP contribution is 2.55. The smallest absolute Gasteiger partial charge is 0.240 e. The van der Waals surface area contributed by atoms with Crippen LogP contribution in [0, 0.1) is 23.6 Å². The molecule has 4 bridgehead atoms. The predicted octanol–water partition coefficient (Wildman–Crippen LogP) is 4.59. The zero-order valence-electron chi connectivity index (χ0n) is 14.0. The van der Waals surface area contributed by atoms with E-state index in [0.717, 1.165) is 17.8 Å². The van der Waals surface area contributed by atoms with Crippen molar-refractivity contribution < 1.29 is 8.91 Å². The fourth-order valence-corrected chi connectivity index (χ4v) is 5.91. The van der Waals surface area contributed by atoms with E-state index in [0.29, 0.717) is 23.8 Å². The molecule has 0 amide bonds. The van der Waals surface area contributed by atoms with Gasteiger partial charge in [-0.25, -0.2) is 4.39 Å². The number of aromatic nitrogens is 2. The summed E-state index contributed by atoms with van der Waals surface area (Å²) in [7, 11) is 0. The molecule has 4 nitrogen and oxygen atoms in total. The van der Waals surface area contributed by atoms with E-state index in [4.69, 9.17) is 16.1 Å². The van der Waals surface area contributed by atoms with Gasteiger partial charge in [-0.15, -0.1) is 0 Å². The highest BCUT2D eigenvalue weighted by Gasteiger charge is 2.50. The Bertz CT molecular complexity index is 770. The maximum Gasteiger partial charge on any atom is 0.240 e. The molecule has 0 spiro atoms. The first-order chi connectivity index (χ1) is 12.1. The Morgan fingerprint density at radius 1 is 1.16 bits per heavy atom. The summed E-state index contributed by atoms with van der Waals surface area (Å²) in [6.45, 7) is 0.562. The van der Waals surface area contributed by atoms with Gasteiger partial charge in [0, 0.05) is 11.1 Å². The van der Waals surface area contributed by atoms with Crippen LogP contribution in [0.15, 0.2) is 22.7 Å². The van der Waals surface area contributed by atoms with Crippen molar-refractivity contribution in [3.05, 3.63) is 34.9 Å². The fraction of sp³-hybridized carbons (Fsp3) is 0.579. The van der Waals surface area contributed by atoms with Gasteiger partial charge in [-0.2, -0.15) is 4.98 Å². The van der Waals surface area contributed by atoms with Crippen LogP contribution in [0.2, 0.25) is 5.02 Å². The number of hydrogen-bond acceptors (Lipinski definition) is 4. The van der Waals surface area contributed by atoms with E-state index >= 15 is 0 Å². The number of benzene rings is 1. The van der Waals surface area contributed by atoms with Gasteiger partial charge in [-0.1, -0.05) is 22.8 Å². The van der Waals surface area contributed by atoms with Crippen LogP contribution in [0.1, 0.15) is 44.4 Å². The first-order valence-corrected chi connectivity index (χ1v) is 9.50. The molecule has 6 rings (SSSR count). The monoisotopic (exact) mass is 361 g/mol. The van der Waals surface area contributed by atoms with Crippen LogP contribution < -0.4 is 5.32 Å². The summed E-state index contributed by atoms with van der Waals surface area (Å²) in [6.07, 6.45) is 8.08. The Kier molecular flexibility index (Phi) is 3.64. The molecular formula is C19H21ClFN3O. The van der Waals surface area contributed by atoms with Crippen LogP contribution >= 0.6 is 11.6 Å². The van der Waals surface area contributed by atoms with Gasteiger partial charge in [0.2, 0.25) is 11.7 Å². The van der Waals surface area contributed by atoms with Gasteiger partial charge in [0.15, 0.2) is 0 Å². The normalized spacial score (nSPS) is 33.1. The molecule has 0 radical (unpaired) electrons. The second-order valence-corrected chi connectivity index (χ2v) is 8.54. The lowest BCUT2D eigenvalue weighted by molar-refractivity contribution is -0.0217. The quantitative estimate of drug-likeness (QED) is 0.865. The summed E-state index contributed by atoms with van der Waals surface area (Å²) in [5.74, 6) is 3.07. The van der Waals surface area contributed by atoms with Crippen LogP contribution in [-0.4, -0.2) is 15.7 Å². The molecule has 132 valence electrons. The maximum atomic E-state index is 13.6. The van der Waals surface area contributed by atoms with Crippen molar-refractivity contribution in [2.24, 2.45) is 17.8 Å². The van der Waals surface area contributed by atoms with Gasteiger partial charge >= 0.3 is 0 Å². The standard InChI is InChI=1S/C19H21ClFN3O/c20-17-14(2-1-3-15(17)21)18-23-16(25-24-18)10-22-19-7-11-4-12(8-19)6-13(5-11)9-19/h1-3,11-13,22H,4-10H2. The summed E-state index contributed by atoms with van der Waals surface area (Å²) in [6, 6.07) is 4.62. The third kappa shape index (κ3) is 2.77. The van der Waals surface area contributed by atoms with Crippen molar-refractivity contribution >= 4 is 11.6 Å². The summed E-state index contributed by atoms with van der Waals surface area (Å²) in [4.78, 5) is 4.41. The number of hydrogen-bond donors (Lipinski definition) is 1. The third-order valence-corrected chi connectivity index (χ3v) is 6.70. The fourth-order valence-electron chi connectivity index (χ4n) is 5.70. The summed E-state index contributed by atoms with van der Waals surface area (Å²) in [5.41, 5.74) is 0.714. The van der Waals surface area contributed by atoms with Gasteiger partial charge in [-0.05, 0) is 68.4 Å². The molecule has 1 heterocycles. The Hall–Kier alpha value is -1.46.